The Kier molecular flexibility index (Phi) is 3.84. The lowest BCUT2D eigenvalue weighted by Crippen LogP contribution is -2.39. The third-order valence-corrected chi connectivity index (χ3v) is 3.56. The van der Waals surface area contributed by atoms with Crippen LogP contribution in [0, 0.1) is 10.1 Å². The Morgan fingerprint density at radius 2 is 2.15 bits per heavy atom. The second-order valence-corrected chi connectivity index (χ2v) is 4.92. The van der Waals surface area contributed by atoms with Gasteiger partial charge in [0.15, 0.2) is 0 Å². The molecule has 1 aliphatic rings. The van der Waals surface area contributed by atoms with Gasteiger partial charge in [0.05, 0.1) is 17.1 Å². The number of hydrogen-bond acceptors (Lipinski definition) is 6. The van der Waals surface area contributed by atoms with Gasteiger partial charge in [0.1, 0.15) is 17.6 Å². The summed E-state index contributed by atoms with van der Waals surface area (Å²) in [5.41, 5.74) is -1.23. The van der Waals surface area contributed by atoms with Crippen molar-refractivity contribution in [3.8, 4) is 0 Å². The third kappa shape index (κ3) is 2.69. The van der Waals surface area contributed by atoms with Crippen molar-refractivity contribution in [3.63, 3.8) is 0 Å². The molecule has 0 bridgehead atoms. The number of carbonyl (C=O) groups is 1. The van der Waals surface area contributed by atoms with E-state index in [-0.39, 0.29) is 23.7 Å². The van der Waals surface area contributed by atoms with Gasteiger partial charge < -0.3 is 15.5 Å². The number of aromatic nitrogens is 1. The highest BCUT2D eigenvalue weighted by molar-refractivity contribution is 5.94. The molecule has 0 radical (unpaired) electrons. The van der Waals surface area contributed by atoms with Crippen LogP contribution >= 0.6 is 0 Å². The molecule has 0 unspecified atom stereocenters. The van der Waals surface area contributed by atoms with Crippen molar-refractivity contribution in [3.05, 3.63) is 27.9 Å². The van der Waals surface area contributed by atoms with Crippen molar-refractivity contribution in [2.24, 2.45) is 0 Å². The zero-order valence-electron chi connectivity index (χ0n) is 10.7. The topological polar surface area (TPSA) is 126 Å². The highest BCUT2D eigenvalue weighted by Gasteiger charge is 2.34. The Morgan fingerprint density at radius 1 is 1.50 bits per heavy atom. The van der Waals surface area contributed by atoms with E-state index < -0.39 is 16.4 Å². The van der Waals surface area contributed by atoms with Crippen molar-refractivity contribution >= 4 is 17.5 Å². The van der Waals surface area contributed by atoms with Gasteiger partial charge in [-0.2, -0.15) is 0 Å². The van der Waals surface area contributed by atoms with E-state index in [1.165, 1.54) is 0 Å². The predicted molar refractivity (Wildman–Crippen MR) is 69.8 cm³/mol. The number of hydrogen-bond donors (Lipinski definition) is 3. The van der Waals surface area contributed by atoms with E-state index in [0.717, 1.165) is 25.1 Å². The van der Waals surface area contributed by atoms with Crippen LogP contribution in [0.25, 0.3) is 0 Å². The third-order valence-electron chi connectivity index (χ3n) is 3.56. The first-order chi connectivity index (χ1) is 9.47. The summed E-state index contributed by atoms with van der Waals surface area (Å²) in [6.07, 6.45) is 4.29. The molecule has 1 aliphatic carbocycles. The number of carboxylic acid groups (broad SMARTS) is 1. The van der Waals surface area contributed by atoms with Crippen LogP contribution < -0.4 is 5.32 Å². The number of aliphatic hydroxyl groups is 1. The maximum Gasteiger partial charge on any atom is 0.339 e. The number of pyridine rings is 1. The summed E-state index contributed by atoms with van der Waals surface area (Å²) in [5, 5.41) is 32.3. The van der Waals surface area contributed by atoms with Gasteiger partial charge in [0.25, 0.3) is 5.69 Å². The van der Waals surface area contributed by atoms with Crippen LogP contribution in [0.4, 0.5) is 11.5 Å². The van der Waals surface area contributed by atoms with Crippen molar-refractivity contribution in [2.45, 2.75) is 31.2 Å². The lowest BCUT2D eigenvalue weighted by atomic mass is 9.98. The second-order valence-electron chi connectivity index (χ2n) is 4.92. The largest absolute Gasteiger partial charge is 0.478 e. The zero-order valence-corrected chi connectivity index (χ0v) is 10.7. The van der Waals surface area contributed by atoms with E-state index in [1.54, 1.807) is 0 Å². The zero-order chi connectivity index (χ0) is 14.8. The van der Waals surface area contributed by atoms with E-state index in [1.807, 2.05) is 0 Å². The van der Waals surface area contributed by atoms with Crippen molar-refractivity contribution in [1.82, 2.24) is 4.98 Å². The quantitative estimate of drug-likeness (QED) is 0.550. The van der Waals surface area contributed by atoms with Crippen molar-refractivity contribution < 1.29 is 19.9 Å². The number of anilines is 1. The summed E-state index contributed by atoms with van der Waals surface area (Å²) in [6, 6.07) is 0.970. The van der Waals surface area contributed by atoms with Crippen LogP contribution in [0.1, 0.15) is 36.0 Å². The number of aromatic carboxylic acids is 1. The van der Waals surface area contributed by atoms with Gasteiger partial charge in [-0.05, 0) is 12.8 Å². The Hall–Kier alpha value is -2.22. The van der Waals surface area contributed by atoms with E-state index in [0.29, 0.717) is 12.8 Å². The Bertz CT molecular complexity index is 540. The van der Waals surface area contributed by atoms with E-state index in [4.69, 9.17) is 5.11 Å². The lowest BCUT2D eigenvalue weighted by molar-refractivity contribution is -0.385. The molecule has 1 aromatic rings. The molecule has 3 N–H and O–H groups in total. The standard InChI is InChI=1S/C12H15N3O5/c16-7-12(3-1-2-4-12)14-10-9(11(17)18)5-8(6-13-10)15(19)20/h5-6,16H,1-4,7H2,(H,13,14)(H,17,18). The maximum absolute atomic E-state index is 11.2. The van der Waals surface area contributed by atoms with Gasteiger partial charge in [-0.25, -0.2) is 9.78 Å². The molecule has 108 valence electrons. The summed E-state index contributed by atoms with van der Waals surface area (Å²) in [7, 11) is 0. The van der Waals surface area contributed by atoms with Gasteiger partial charge in [-0.1, -0.05) is 12.8 Å². The minimum absolute atomic E-state index is 0.0547. The SMILES string of the molecule is O=C(O)c1cc([N+](=O)[O-])cnc1NC1(CO)CCCC1. The van der Waals surface area contributed by atoms with E-state index in [9.17, 15) is 20.0 Å². The Labute approximate surface area is 114 Å². The first-order valence-corrected chi connectivity index (χ1v) is 6.24. The highest BCUT2D eigenvalue weighted by atomic mass is 16.6. The van der Waals surface area contributed by atoms with Gasteiger partial charge in [-0.15, -0.1) is 0 Å². The van der Waals surface area contributed by atoms with Crippen LogP contribution in [0.15, 0.2) is 12.3 Å². The van der Waals surface area contributed by atoms with Crippen molar-refractivity contribution in [2.75, 3.05) is 11.9 Å². The summed E-state index contributed by atoms with van der Waals surface area (Å²) >= 11 is 0. The molecule has 0 amide bonds. The molecule has 1 fully saturated rings. The molecular weight excluding hydrogens is 266 g/mol. The molecule has 1 saturated carbocycles. The molecule has 20 heavy (non-hydrogen) atoms. The molecule has 0 aromatic carbocycles. The lowest BCUT2D eigenvalue weighted by Gasteiger charge is -2.29. The predicted octanol–water partition coefficient (Wildman–Crippen LogP) is 1.41. The van der Waals surface area contributed by atoms with Crippen LogP contribution in [-0.2, 0) is 0 Å². The molecule has 1 aromatic heterocycles. The highest BCUT2D eigenvalue weighted by Crippen LogP contribution is 2.33. The maximum atomic E-state index is 11.2. The number of nitrogens with one attached hydrogen (secondary N) is 1. The van der Waals surface area contributed by atoms with Gasteiger partial charge >= 0.3 is 5.97 Å². The summed E-state index contributed by atoms with van der Waals surface area (Å²) in [6.45, 7) is -0.134. The van der Waals surface area contributed by atoms with E-state index in [2.05, 4.69) is 10.3 Å². The molecule has 0 atom stereocenters. The fraction of sp³-hybridized carbons (Fsp3) is 0.500. The first kappa shape index (κ1) is 14.2. The Balaban J connectivity index is 2.35. The number of rotatable bonds is 5. The van der Waals surface area contributed by atoms with Gasteiger partial charge in [0.2, 0.25) is 0 Å². The van der Waals surface area contributed by atoms with Gasteiger partial charge in [-0.3, -0.25) is 10.1 Å². The summed E-state index contributed by atoms with van der Waals surface area (Å²) < 4.78 is 0. The van der Waals surface area contributed by atoms with Gasteiger partial charge in [0, 0.05) is 6.07 Å². The summed E-state index contributed by atoms with van der Waals surface area (Å²) in [5.74, 6) is -1.24. The molecular formula is C12H15N3O5. The molecule has 0 spiro atoms. The van der Waals surface area contributed by atoms with Crippen molar-refractivity contribution in [1.29, 1.82) is 0 Å². The molecule has 0 aliphatic heterocycles. The number of nitro groups is 1. The number of carboxylic acids is 1. The number of aliphatic hydroxyl groups excluding tert-OH is 1. The van der Waals surface area contributed by atoms with Crippen LogP contribution in [0.3, 0.4) is 0 Å². The normalized spacial score (nSPS) is 16.9. The van der Waals surface area contributed by atoms with E-state index >= 15 is 0 Å². The monoisotopic (exact) mass is 281 g/mol. The average Bonchev–Trinajstić information content (AvgIpc) is 2.88. The molecule has 0 saturated heterocycles. The fourth-order valence-corrected chi connectivity index (χ4v) is 2.44. The van der Waals surface area contributed by atoms with Crippen LogP contribution in [0.2, 0.25) is 0 Å². The molecule has 1 heterocycles. The fourth-order valence-electron chi connectivity index (χ4n) is 2.44. The second kappa shape index (κ2) is 5.41. The molecule has 8 heteroatoms. The molecule has 2 rings (SSSR count). The van der Waals surface area contributed by atoms with Crippen LogP contribution in [0.5, 0.6) is 0 Å². The Morgan fingerprint density at radius 3 is 2.65 bits per heavy atom. The minimum atomic E-state index is -1.30. The number of nitrogens with zero attached hydrogens (tertiary/aromatic N) is 2. The van der Waals surface area contributed by atoms with Crippen LogP contribution in [-0.4, -0.2) is 38.2 Å². The molecule has 8 nitrogen and oxygen atoms in total. The average molecular weight is 281 g/mol. The first-order valence-electron chi connectivity index (χ1n) is 6.24. The minimum Gasteiger partial charge on any atom is -0.478 e. The smallest absolute Gasteiger partial charge is 0.339 e. The summed E-state index contributed by atoms with van der Waals surface area (Å²) in [4.78, 5) is 25.0.